The van der Waals surface area contributed by atoms with Gasteiger partial charge in [0, 0.05) is 11.6 Å². The molecule has 2 heteroatoms. The predicted octanol–water partition coefficient (Wildman–Crippen LogP) is 2.42. The van der Waals surface area contributed by atoms with Crippen molar-refractivity contribution < 1.29 is 0 Å². The lowest BCUT2D eigenvalue weighted by Crippen LogP contribution is -1.99. The van der Waals surface area contributed by atoms with E-state index in [1.54, 1.807) is 0 Å². The van der Waals surface area contributed by atoms with Crippen LogP contribution in [0.1, 0.15) is 16.7 Å². The number of hydrogen-bond acceptors (Lipinski definition) is 1. The number of nitrogens with two attached hydrogens (primary N) is 1. The first-order chi connectivity index (χ1) is 5.15. The van der Waals surface area contributed by atoms with Crippen molar-refractivity contribution in [3.63, 3.8) is 0 Å². The molecule has 1 aromatic carbocycles. The molecule has 0 aliphatic rings. The molecule has 0 heterocycles. The minimum absolute atomic E-state index is 0.561. The standard InChI is InChI=1S/C9H12ClN/c1-6-3-7(2)9(10)4-8(6)5-11/h3-4H,5,11H2,1-2H3. The van der Waals surface area contributed by atoms with Gasteiger partial charge in [-0.3, -0.25) is 0 Å². The maximum absolute atomic E-state index is 5.91. The summed E-state index contributed by atoms with van der Waals surface area (Å²) < 4.78 is 0. The van der Waals surface area contributed by atoms with Gasteiger partial charge in [0.2, 0.25) is 0 Å². The van der Waals surface area contributed by atoms with Crippen LogP contribution in [0.15, 0.2) is 12.1 Å². The van der Waals surface area contributed by atoms with E-state index in [9.17, 15) is 0 Å². The lowest BCUT2D eigenvalue weighted by molar-refractivity contribution is 1.05. The Kier molecular flexibility index (Phi) is 2.53. The van der Waals surface area contributed by atoms with E-state index >= 15 is 0 Å². The smallest absolute Gasteiger partial charge is 0.0438 e. The van der Waals surface area contributed by atoms with Crippen LogP contribution in [0.5, 0.6) is 0 Å². The van der Waals surface area contributed by atoms with Gasteiger partial charge in [0.25, 0.3) is 0 Å². The molecule has 0 saturated heterocycles. The van der Waals surface area contributed by atoms with Gasteiger partial charge in [-0.15, -0.1) is 0 Å². The topological polar surface area (TPSA) is 26.0 Å². The minimum Gasteiger partial charge on any atom is -0.326 e. The molecular formula is C9H12ClN. The summed E-state index contributed by atoms with van der Waals surface area (Å²) in [4.78, 5) is 0. The maximum Gasteiger partial charge on any atom is 0.0438 e. The average Bonchev–Trinajstić information content (AvgIpc) is 1.97. The zero-order valence-corrected chi connectivity index (χ0v) is 7.57. The summed E-state index contributed by atoms with van der Waals surface area (Å²) in [6.45, 7) is 4.60. The molecule has 0 radical (unpaired) electrons. The molecule has 0 aliphatic heterocycles. The first kappa shape index (κ1) is 8.57. The zero-order chi connectivity index (χ0) is 8.43. The minimum atomic E-state index is 0.561. The van der Waals surface area contributed by atoms with Crippen LogP contribution < -0.4 is 5.73 Å². The summed E-state index contributed by atoms with van der Waals surface area (Å²) in [6.07, 6.45) is 0. The van der Waals surface area contributed by atoms with Gasteiger partial charge in [-0.25, -0.2) is 0 Å². The third kappa shape index (κ3) is 1.73. The number of rotatable bonds is 1. The highest BCUT2D eigenvalue weighted by molar-refractivity contribution is 6.31. The Morgan fingerprint density at radius 3 is 2.45 bits per heavy atom. The van der Waals surface area contributed by atoms with Gasteiger partial charge in [0.15, 0.2) is 0 Å². The molecule has 1 rings (SSSR count). The van der Waals surface area contributed by atoms with Crippen molar-refractivity contribution in [2.45, 2.75) is 20.4 Å². The quantitative estimate of drug-likeness (QED) is 0.687. The van der Waals surface area contributed by atoms with Gasteiger partial charge in [0.1, 0.15) is 0 Å². The van der Waals surface area contributed by atoms with Crippen LogP contribution in [0, 0.1) is 13.8 Å². The largest absolute Gasteiger partial charge is 0.326 e. The molecule has 0 unspecified atom stereocenters. The summed E-state index contributed by atoms with van der Waals surface area (Å²) in [5, 5.41) is 0.802. The summed E-state index contributed by atoms with van der Waals surface area (Å²) in [5.74, 6) is 0. The summed E-state index contributed by atoms with van der Waals surface area (Å²) in [7, 11) is 0. The first-order valence-electron chi connectivity index (χ1n) is 3.61. The summed E-state index contributed by atoms with van der Waals surface area (Å²) in [6, 6.07) is 4.00. The van der Waals surface area contributed by atoms with Crippen LogP contribution in [0.25, 0.3) is 0 Å². The van der Waals surface area contributed by atoms with Crippen LogP contribution in [0.3, 0.4) is 0 Å². The molecule has 2 N–H and O–H groups in total. The molecule has 60 valence electrons. The zero-order valence-electron chi connectivity index (χ0n) is 6.82. The molecule has 0 amide bonds. The Bertz CT molecular complexity index is 269. The van der Waals surface area contributed by atoms with E-state index in [2.05, 4.69) is 6.07 Å². The molecule has 0 atom stereocenters. The molecule has 0 saturated carbocycles. The van der Waals surface area contributed by atoms with Crippen LogP contribution >= 0.6 is 11.6 Å². The molecule has 0 bridgehead atoms. The van der Waals surface area contributed by atoms with Crippen molar-refractivity contribution in [2.24, 2.45) is 5.73 Å². The monoisotopic (exact) mass is 169 g/mol. The van der Waals surface area contributed by atoms with Crippen molar-refractivity contribution in [1.82, 2.24) is 0 Å². The van der Waals surface area contributed by atoms with Gasteiger partial charge >= 0.3 is 0 Å². The van der Waals surface area contributed by atoms with Crippen LogP contribution in [0.4, 0.5) is 0 Å². The van der Waals surface area contributed by atoms with Gasteiger partial charge in [0.05, 0.1) is 0 Å². The molecule has 0 aliphatic carbocycles. The van der Waals surface area contributed by atoms with Gasteiger partial charge in [-0.2, -0.15) is 0 Å². The number of benzene rings is 1. The van der Waals surface area contributed by atoms with Crippen molar-refractivity contribution >= 4 is 11.6 Å². The van der Waals surface area contributed by atoms with E-state index in [4.69, 9.17) is 17.3 Å². The Hall–Kier alpha value is -0.530. The lowest BCUT2D eigenvalue weighted by Gasteiger charge is -2.05. The highest BCUT2D eigenvalue weighted by Crippen LogP contribution is 2.19. The van der Waals surface area contributed by atoms with E-state index in [1.807, 2.05) is 19.9 Å². The number of aryl methyl sites for hydroxylation is 2. The van der Waals surface area contributed by atoms with E-state index < -0.39 is 0 Å². The van der Waals surface area contributed by atoms with E-state index in [0.29, 0.717) is 6.54 Å². The molecule has 0 fully saturated rings. The van der Waals surface area contributed by atoms with Crippen molar-refractivity contribution in [2.75, 3.05) is 0 Å². The van der Waals surface area contributed by atoms with Crippen LogP contribution in [0.2, 0.25) is 5.02 Å². The fourth-order valence-electron chi connectivity index (χ4n) is 1.09. The fraction of sp³-hybridized carbons (Fsp3) is 0.333. The first-order valence-corrected chi connectivity index (χ1v) is 3.98. The van der Waals surface area contributed by atoms with Crippen molar-refractivity contribution in [1.29, 1.82) is 0 Å². The normalized spacial score (nSPS) is 10.2. The second-order valence-electron chi connectivity index (χ2n) is 2.73. The maximum atomic E-state index is 5.91. The molecule has 1 nitrogen and oxygen atoms in total. The van der Waals surface area contributed by atoms with E-state index in [1.165, 1.54) is 5.56 Å². The van der Waals surface area contributed by atoms with Crippen molar-refractivity contribution in [3.05, 3.63) is 33.8 Å². The van der Waals surface area contributed by atoms with E-state index in [-0.39, 0.29) is 0 Å². The van der Waals surface area contributed by atoms with Gasteiger partial charge in [-0.1, -0.05) is 17.7 Å². The second kappa shape index (κ2) is 3.24. The molecule has 1 aromatic rings. The molecule has 0 aromatic heterocycles. The van der Waals surface area contributed by atoms with Gasteiger partial charge in [-0.05, 0) is 36.6 Å². The predicted molar refractivity (Wildman–Crippen MR) is 48.8 cm³/mol. The third-order valence-electron chi connectivity index (χ3n) is 1.84. The summed E-state index contributed by atoms with van der Waals surface area (Å²) >= 11 is 5.91. The highest BCUT2D eigenvalue weighted by atomic mass is 35.5. The SMILES string of the molecule is Cc1cc(C)c(CN)cc1Cl. The summed E-state index contributed by atoms with van der Waals surface area (Å²) in [5.41, 5.74) is 8.97. The molecule has 0 spiro atoms. The highest BCUT2D eigenvalue weighted by Gasteiger charge is 2.00. The Morgan fingerprint density at radius 2 is 1.91 bits per heavy atom. The number of hydrogen-bond donors (Lipinski definition) is 1. The van der Waals surface area contributed by atoms with E-state index in [0.717, 1.165) is 16.1 Å². The Balaban J connectivity index is 3.21. The second-order valence-corrected chi connectivity index (χ2v) is 3.14. The average molecular weight is 170 g/mol. The Morgan fingerprint density at radius 1 is 1.27 bits per heavy atom. The fourth-order valence-corrected chi connectivity index (χ4v) is 1.27. The Labute approximate surface area is 72.2 Å². The van der Waals surface area contributed by atoms with Crippen LogP contribution in [-0.4, -0.2) is 0 Å². The van der Waals surface area contributed by atoms with Crippen molar-refractivity contribution in [3.8, 4) is 0 Å². The number of halogens is 1. The van der Waals surface area contributed by atoms with Gasteiger partial charge < -0.3 is 5.73 Å². The molecule has 11 heavy (non-hydrogen) atoms. The molecular weight excluding hydrogens is 158 g/mol. The third-order valence-corrected chi connectivity index (χ3v) is 2.24. The van der Waals surface area contributed by atoms with Crippen LogP contribution in [-0.2, 0) is 6.54 Å². The lowest BCUT2D eigenvalue weighted by atomic mass is 10.1.